The first-order valence-electron chi connectivity index (χ1n) is 8.67. The van der Waals surface area contributed by atoms with Gasteiger partial charge in [-0.3, -0.25) is 14.2 Å². The van der Waals surface area contributed by atoms with E-state index in [2.05, 4.69) is 15.4 Å². The molecule has 1 N–H and O–H groups in total. The second-order valence-electron chi connectivity index (χ2n) is 6.48. The molecule has 0 aliphatic carbocycles. The van der Waals surface area contributed by atoms with Crippen LogP contribution in [0.2, 0.25) is 5.02 Å². The number of rotatable bonds is 4. The van der Waals surface area contributed by atoms with E-state index in [1.165, 1.54) is 46.0 Å². The average Bonchev–Trinajstić information content (AvgIpc) is 3.12. The molecule has 1 amide bonds. The molecule has 0 saturated heterocycles. The van der Waals surface area contributed by atoms with Gasteiger partial charge in [-0.15, -0.1) is 0 Å². The molecule has 146 valence electrons. The molecule has 4 rings (SSSR count). The number of nitrogens with one attached hydrogen (secondary N) is 1. The van der Waals surface area contributed by atoms with Crippen LogP contribution < -0.4 is 10.9 Å². The molecule has 7 nitrogen and oxygen atoms in total. The third-order valence-electron chi connectivity index (χ3n) is 4.34. The van der Waals surface area contributed by atoms with Gasteiger partial charge in [0.25, 0.3) is 5.56 Å². The minimum Gasteiger partial charge on any atom is -0.323 e. The summed E-state index contributed by atoms with van der Waals surface area (Å²) >= 11 is 6.13. The number of benzene rings is 2. The van der Waals surface area contributed by atoms with Crippen LogP contribution in [-0.2, 0) is 11.3 Å². The molecule has 0 aliphatic rings. The van der Waals surface area contributed by atoms with Gasteiger partial charge in [-0.25, -0.2) is 14.1 Å². The number of anilines is 1. The number of aryl methyl sites for hydroxylation is 1. The molecule has 2 aromatic heterocycles. The maximum Gasteiger partial charge on any atom is 0.264 e. The summed E-state index contributed by atoms with van der Waals surface area (Å²) in [6.07, 6.45) is 2.65. The molecular formula is C20H15ClFN5O2. The Morgan fingerprint density at radius 2 is 1.97 bits per heavy atom. The van der Waals surface area contributed by atoms with E-state index in [4.69, 9.17) is 11.6 Å². The zero-order valence-electron chi connectivity index (χ0n) is 15.3. The third-order valence-corrected chi connectivity index (χ3v) is 4.65. The minimum atomic E-state index is -0.412. The van der Waals surface area contributed by atoms with E-state index >= 15 is 0 Å². The van der Waals surface area contributed by atoms with Gasteiger partial charge >= 0.3 is 0 Å². The topological polar surface area (TPSA) is 81.8 Å². The van der Waals surface area contributed by atoms with Crippen LogP contribution in [0, 0.1) is 12.7 Å². The lowest BCUT2D eigenvalue weighted by Gasteiger charge is -2.09. The van der Waals surface area contributed by atoms with Gasteiger partial charge < -0.3 is 5.32 Å². The Balaban J connectivity index is 1.60. The van der Waals surface area contributed by atoms with Gasteiger partial charge in [0, 0.05) is 0 Å². The number of carbonyl (C=O) groups excluding carboxylic acids is 1. The smallest absolute Gasteiger partial charge is 0.264 e. The Kier molecular flexibility index (Phi) is 4.85. The van der Waals surface area contributed by atoms with Crippen molar-refractivity contribution < 1.29 is 9.18 Å². The highest BCUT2D eigenvalue weighted by Crippen LogP contribution is 2.22. The third kappa shape index (κ3) is 3.74. The molecule has 29 heavy (non-hydrogen) atoms. The maximum atomic E-state index is 13.1. The van der Waals surface area contributed by atoms with Crippen LogP contribution in [0.1, 0.15) is 5.56 Å². The summed E-state index contributed by atoms with van der Waals surface area (Å²) in [6, 6.07) is 10.9. The number of fused-ring (bicyclic) bond motifs is 1. The molecule has 4 aromatic rings. The highest BCUT2D eigenvalue weighted by Gasteiger charge is 2.14. The van der Waals surface area contributed by atoms with Crippen molar-refractivity contribution in [2.24, 2.45) is 0 Å². The molecule has 0 unspecified atom stereocenters. The van der Waals surface area contributed by atoms with E-state index in [-0.39, 0.29) is 17.7 Å². The van der Waals surface area contributed by atoms with Crippen LogP contribution in [0.5, 0.6) is 0 Å². The fraction of sp³-hybridized carbons (Fsp3) is 0.100. The number of nitrogens with zero attached hydrogens (tertiary/aromatic N) is 4. The lowest BCUT2D eigenvalue weighted by molar-refractivity contribution is -0.116. The fourth-order valence-corrected chi connectivity index (χ4v) is 3.18. The van der Waals surface area contributed by atoms with Gasteiger partial charge in [0.1, 0.15) is 24.1 Å². The van der Waals surface area contributed by atoms with Crippen molar-refractivity contribution >= 4 is 34.2 Å². The lowest BCUT2D eigenvalue weighted by Crippen LogP contribution is -2.28. The zero-order chi connectivity index (χ0) is 20.5. The largest absolute Gasteiger partial charge is 0.323 e. The first kappa shape index (κ1) is 18.8. The summed E-state index contributed by atoms with van der Waals surface area (Å²) in [5, 5.41) is 7.51. The quantitative estimate of drug-likeness (QED) is 0.558. The standard InChI is InChI=1S/C20H15ClFN5O2/c1-12-2-7-17(16(21)8-12)25-18(28)10-26-11-23-19-15(20(26)29)9-24-27(19)14-5-3-13(22)4-6-14/h2-9,11H,10H2,1H3,(H,25,28). The summed E-state index contributed by atoms with van der Waals surface area (Å²) in [4.78, 5) is 29.3. The Hall–Kier alpha value is -3.52. The second-order valence-corrected chi connectivity index (χ2v) is 6.89. The molecule has 9 heteroatoms. The highest BCUT2D eigenvalue weighted by molar-refractivity contribution is 6.33. The van der Waals surface area contributed by atoms with Crippen molar-refractivity contribution in [1.29, 1.82) is 0 Å². The molecule has 0 spiro atoms. The summed E-state index contributed by atoms with van der Waals surface area (Å²) in [5.74, 6) is -0.787. The van der Waals surface area contributed by atoms with Crippen LogP contribution in [0.25, 0.3) is 16.7 Å². The summed E-state index contributed by atoms with van der Waals surface area (Å²) < 4.78 is 15.8. The van der Waals surface area contributed by atoms with Gasteiger partial charge in [-0.2, -0.15) is 5.10 Å². The molecule has 2 aromatic carbocycles. The van der Waals surface area contributed by atoms with E-state index < -0.39 is 11.5 Å². The van der Waals surface area contributed by atoms with Crippen molar-refractivity contribution in [3.8, 4) is 5.69 Å². The maximum absolute atomic E-state index is 13.1. The van der Waals surface area contributed by atoms with E-state index in [0.717, 1.165) is 5.56 Å². The molecule has 0 fully saturated rings. The molecule has 0 bridgehead atoms. The normalized spacial score (nSPS) is 11.0. The van der Waals surface area contributed by atoms with Gasteiger partial charge in [0.2, 0.25) is 5.91 Å². The first-order valence-corrected chi connectivity index (χ1v) is 9.05. The predicted molar refractivity (Wildman–Crippen MR) is 108 cm³/mol. The Morgan fingerprint density at radius 1 is 1.21 bits per heavy atom. The number of halogens is 2. The molecule has 0 saturated carbocycles. The van der Waals surface area contributed by atoms with E-state index in [1.54, 1.807) is 12.1 Å². The van der Waals surface area contributed by atoms with Crippen molar-refractivity contribution in [3.05, 3.63) is 81.7 Å². The van der Waals surface area contributed by atoms with Crippen LogP contribution in [0.3, 0.4) is 0 Å². The van der Waals surface area contributed by atoms with E-state index in [0.29, 0.717) is 22.0 Å². The van der Waals surface area contributed by atoms with Crippen LogP contribution >= 0.6 is 11.6 Å². The highest BCUT2D eigenvalue weighted by atomic mass is 35.5. The summed E-state index contributed by atoms with van der Waals surface area (Å²) in [6.45, 7) is 1.66. The van der Waals surface area contributed by atoms with Gasteiger partial charge in [0.05, 0.1) is 22.6 Å². The van der Waals surface area contributed by atoms with Crippen LogP contribution in [-0.4, -0.2) is 25.2 Å². The van der Waals surface area contributed by atoms with Crippen LogP contribution in [0.4, 0.5) is 10.1 Å². The average molecular weight is 412 g/mol. The fourth-order valence-electron chi connectivity index (χ4n) is 2.90. The number of amides is 1. The van der Waals surface area contributed by atoms with E-state index in [1.807, 2.05) is 13.0 Å². The molecule has 0 radical (unpaired) electrons. The first-order chi connectivity index (χ1) is 13.9. The van der Waals surface area contributed by atoms with Crippen LogP contribution in [0.15, 0.2) is 59.8 Å². The monoisotopic (exact) mass is 411 g/mol. The van der Waals surface area contributed by atoms with Crippen molar-refractivity contribution in [1.82, 2.24) is 19.3 Å². The Morgan fingerprint density at radius 3 is 2.69 bits per heavy atom. The Bertz CT molecular complexity index is 1280. The predicted octanol–water partition coefficient (Wildman–Crippen LogP) is 3.32. The summed E-state index contributed by atoms with van der Waals surface area (Å²) in [7, 11) is 0. The molecule has 2 heterocycles. The van der Waals surface area contributed by atoms with E-state index in [9.17, 15) is 14.0 Å². The van der Waals surface area contributed by atoms with Gasteiger partial charge in [0.15, 0.2) is 5.65 Å². The van der Waals surface area contributed by atoms with Crippen molar-refractivity contribution in [2.75, 3.05) is 5.32 Å². The summed E-state index contributed by atoms with van der Waals surface area (Å²) in [5.41, 5.74) is 1.91. The SMILES string of the molecule is Cc1ccc(NC(=O)Cn2cnc3c(cnn3-c3ccc(F)cc3)c2=O)c(Cl)c1. The lowest BCUT2D eigenvalue weighted by atomic mass is 10.2. The number of aromatic nitrogens is 4. The molecule has 0 aliphatic heterocycles. The second kappa shape index (κ2) is 7.48. The molecule has 0 atom stereocenters. The van der Waals surface area contributed by atoms with Crippen molar-refractivity contribution in [2.45, 2.75) is 13.5 Å². The molecular weight excluding hydrogens is 397 g/mol. The van der Waals surface area contributed by atoms with Gasteiger partial charge in [-0.1, -0.05) is 17.7 Å². The number of carbonyl (C=O) groups is 1. The van der Waals surface area contributed by atoms with Gasteiger partial charge in [-0.05, 0) is 48.9 Å². The minimum absolute atomic E-state index is 0.228. The Labute approximate surface area is 169 Å². The number of hydrogen-bond donors (Lipinski definition) is 1. The van der Waals surface area contributed by atoms with Crippen molar-refractivity contribution in [3.63, 3.8) is 0 Å². The zero-order valence-corrected chi connectivity index (χ0v) is 16.0. The number of hydrogen-bond acceptors (Lipinski definition) is 4.